The first-order chi connectivity index (χ1) is 12.5. The minimum Gasteiger partial charge on any atom is -0.397 e. The molecule has 1 aliphatic heterocycles. The smallest absolute Gasteiger partial charge is 0.229 e. The van der Waals surface area contributed by atoms with Crippen LogP contribution in [0.25, 0.3) is 11.3 Å². The number of carbonyl (C=O) groups excluding carboxylic acids is 1. The summed E-state index contributed by atoms with van der Waals surface area (Å²) in [5.74, 6) is -0.431. The number of amides is 1. The number of aryl methyl sites for hydroxylation is 1. The number of carbonyl (C=O) groups is 1. The predicted octanol–water partition coefficient (Wildman–Crippen LogP) is 2.29. The second-order valence-corrected chi connectivity index (χ2v) is 6.41. The van der Waals surface area contributed by atoms with Gasteiger partial charge in [-0.15, -0.1) is 0 Å². The summed E-state index contributed by atoms with van der Waals surface area (Å²) in [6.07, 6.45) is 2.00. The van der Waals surface area contributed by atoms with Crippen molar-refractivity contribution >= 4 is 11.6 Å². The number of fused-ring (bicyclic) bond motifs is 1. The standard InChI is InChI=1S/C19H18FN5O/c1-24-9-12-10-25(11-18(12)23-24)19(26)8-17-15(21)6-7-16(22-17)13-4-2-3-5-14(13)20/h2-7,9H,8,10-11,21H2,1H3. The third-order valence-electron chi connectivity index (χ3n) is 4.52. The van der Waals surface area contributed by atoms with E-state index < -0.39 is 0 Å². The lowest BCUT2D eigenvalue weighted by atomic mass is 10.1. The van der Waals surface area contributed by atoms with Crippen LogP contribution < -0.4 is 5.73 Å². The van der Waals surface area contributed by atoms with Crippen molar-refractivity contribution < 1.29 is 9.18 Å². The van der Waals surface area contributed by atoms with Gasteiger partial charge in [-0.1, -0.05) is 12.1 Å². The molecule has 132 valence electrons. The van der Waals surface area contributed by atoms with Crippen LogP contribution in [0.4, 0.5) is 10.1 Å². The van der Waals surface area contributed by atoms with Gasteiger partial charge >= 0.3 is 0 Å². The lowest BCUT2D eigenvalue weighted by Crippen LogP contribution is -2.28. The molecule has 0 spiro atoms. The van der Waals surface area contributed by atoms with E-state index in [0.717, 1.165) is 11.3 Å². The number of aromatic nitrogens is 3. The number of nitrogens with zero attached hydrogens (tertiary/aromatic N) is 4. The topological polar surface area (TPSA) is 77.0 Å². The highest BCUT2D eigenvalue weighted by molar-refractivity contribution is 5.80. The Balaban J connectivity index is 1.55. The summed E-state index contributed by atoms with van der Waals surface area (Å²) in [5, 5.41) is 4.35. The van der Waals surface area contributed by atoms with E-state index >= 15 is 0 Å². The third kappa shape index (κ3) is 2.92. The fourth-order valence-corrected chi connectivity index (χ4v) is 3.20. The van der Waals surface area contributed by atoms with Crippen LogP contribution in [-0.2, 0) is 31.4 Å². The maximum atomic E-state index is 14.0. The Labute approximate surface area is 150 Å². The molecule has 3 aromatic rings. The number of benzene rings is 1. The molecule has 0 radical (unpaired) electrons. The van der Waals surface area contributed by atoms with Gasteiger partial charge in [-0.25, -0.2) is 4.39 Å². The van der Waals surface area contributed by atoms with E-state index in [4.69, 9.17) is 5.73 Å². The van der Waals surface area contributed by atoms with Gasteiger partial charge in [0.15, 0.2) is 0 Å². The molecule has 26 heavy (non-hydrogen) atoms. The number of nitrogen functional groups attached to an aromatic ring is 1. The molecule has 6 nitrogen and oxygen atoms in total. The summed E-state index contributed by atoms with van der Waals surface area (Å²) < 4.78 is 15.8. The van der Waals surface area contributed by atoms with Crippen LogP contribution in [0.3, 0.4) is 0 Å². The number of hydrogen-bond donors (Lipinski definition) is 1. The zero-order valence-electron chi connectivity index (χ0n) is 14.3. The van der Waals surface area contributed by atoms with Crippen molar-refractivity contribution in [1.82, 2.24) is 19.7 Å². The first-order valence-corrected chi connectivity index (χ1v) is 8.30. The van der Waals surface area contributed by atoms with Gasteiger partial charge in [0.25, 0.3) is 0 Å². The summed E-state index contributed by atoms with van der Waals surface area (Å²) in [7, 11) is 1.86. The summed E-state index contributed by atoms with van der Waals surface area (Å²) >= 11 is 0. The minimum absolute atomic E-state index is 0.0736. The van der Waals surface area contributed by atoms with Crippen LogP contribution in [0.1, 0.15) is 17.0 Å². The Kier molecular flexibility index (Phi) is 3.91. The van der Waals surface area contributed by atoms with Gasteiger partial charge in [-0.3, -0.25) is 14.5 Å². The van der Waals surface area contributed by atoms with Gasteiger partial charge in [0.05, 0.1) is 35.7 Å². The van der Waals surface area contributed by atoms with Crippen LogP contribution in [0, 0.1) is 5.82 Å². The Morgan fingerprint density at radius 1 is 1.23 bits per heavy atom. The molecular weight excluding hydrogens is 333 g/mol. The lowest BCUT2D eigenvalue weighted by molar-refractivity contribution is -0.131. The Morgan fingerprint density at radius 2 is 2.04 bits per heavy atom. The molecule has 0 saturated carbocycles. The normalized spacial score (nSPS) is 13.1. The molecule has 0 fully saturated rings. The molecule has 2 aromatic heterocycles. The molecule has 1 amide bonds. The summed E-state index contributed by atoms with van der Waals surface area (Å²) in [4.78, 5) is 18.8. The average Bonchev–Trinajstić information content (AvgIpc) is 3.15. The molecule has 0 aliphatic carbocycles. The fraction of sp³-hybridized carbons (Fsp3) is 0.211. The Hall–Kier alpha value is -3.22. The monoisotopic (exact) mass is 351 g/mol. The molecule has 4 rings (SSSR count). The predicted molar refractivity (Wildman–Crippen MR) is 95.2 cm³/mol. The summed E-state index contributed by atoms with van der Waals surface area (Å²) in [6, 6.07) is 9.74. The van der Waals surface area contributed by atoms with Gasteiger partial charge in [-0.2, -0.15) is 5.10 Å². The summed E-state index contributed by atoms with van der Waals surface area (Å²) in [5.41, 5.74) is 9.71. The van der Waals surface area contributed by atoms with Crippen molar-refractivity contribution in [2.45, 2.75) is 19.5 Å². The number of halogens is 1. The summed E-state index contributed by atoms with van der Waals surface area (Å²) in [6.45, 7) is 1.02. The largest absolute Gasteiger partial charge is 0.397 e. The number of pyridine rings is 1. The lowest BCUT2D eigenvalue weighted by Gasteiger charge is -2.16. The molecule has 3 heterocycles. The second-order valence-electron chi connectivity index (χ2n) is 6.41. The average molecular weight is 351 g/mol. The highest BCUT2D eigenvalue weighted by atomic mass is 19.1. The van der Waals surface area contributed by atoms with Crippen LogP contribution >= 0.6 is 0 Å². The zero-order chi connectivity index (χ0) is 18.3. The van der Waals surface area contributed by atoms with Gasteiger partial charge in [0.1, 0.15) is 5.82 Å². The highest BCUT2D eigenvalue weighted by Crippen LogP contribution is 2.25. The number of rotatable bonds is 3. The molecule has 1 aliphatic rings. The van der Waals surface area contributed by atoms with E-state index in [1.165, 1.54) is 6.07 Å². The first kappa shape index (κ1) is 16.3. The van der Waals surface area contributed by atoms with Crippen molar-refractivity contribution in [3.05, 3.63) is 65.4 Å². The van der Waals surface area contributed by atoms with E-state index in [1.54, 1.807) is 39.9 Å². The zero-order valence-corrected chi connectivity index (χ0v) is 14.3. The van der Waals surface area contributed by atoms with Gasteiger partial charge in [0, 0.05) is 30.9 Å². The van der Waals surface area contributed by atoms with E-state index in [2.05, 4.69) is 10.1 Å². The molecule has 0 bridgehead atoms. The SMILES string of the molecule is Cn1cc2c(n1)CN(C(=O)Cc1nc(-c3ccccc3F)ccc1N)C2. The molecule has 0 unspecified atom stereocenters. The van der Waals surface area contributed by atoms with Crippen molar-refractivity contribution in [2.75, 3.05) is 5.73 Å². The highest BCUT2D eigenvalue weighted by Gasteiger charge is 2.26. The molecule has 1 aromatic carbocycles. The van der Waals surface area contributed by atoms with Crippen LogP contribution in [-0.4, -0.2) is 25.6 Å². The van der Waals surface area contributed by atoms with Crippen molar-refractivity contribution in [1.29, 1.82) is 0 Å². The van der Waals surface area contributed by atoms with Gasteiger partial charge < -0.3 is 10.6 Å². The maximum Gasteiger partial charge on any atom is 0.229 e. The van der Waals surface area contributed by atoms with Crippen LogP contribution in [0.2, 0.25) is 0 Å². The minimum atomic E-state index is -0.358. The van der Waals surface area contributed by atoms with Crippen molar-refractivity contribution in [3.8, 4) is 11.3 Å². The van der Waals surface area contributed by atoms with Crippen LogP contribution in [0.5, 0.6) is 0 Å². The van der Waals surface area contributed by atoms with Crippen LogP contribution in [0.15, 0.2) is 42.6 Å². The van der Waals surface area contributed by atoms with Gasteiger partial charge in [-0.05, 0) is 24.3 Å². The number of nitrogens with two attached hydrogens (primary N) is 1. The van der Waals surface area contributed by atoms with E-state index in [0.29, 0.717) is 35.7 Å². The Morgan fingerprint density at radius 3 is 2.81 bits per heavy atom. The van der Waals surface area contributed by atoms with Crippen molar-refractivity contribution in [3.63, 3.8) is 0 Å². The third-order valence-corrected chi connectivity index (χ3v) is 4.52. The van der Waals surface area contributed by atoms with Crippen molar-refractivity contribution in [2.24, 2.45) is 7.05 Å². The van der Waals surface area contributed by atoms with E-state index in [1.807, 2.05) is 13.2 Å². The molecule has 7 heteroatoms. The first-order valence-electron chi connectivity index (χ1n) is 8.30. The molecule has 2 N–H and O–H groups in total. The quantitative estimate of drug-likeness (QED) is 0.785. The fourth-order valence-electron chi connectivity index (χ4n) is 3.20. The number of hydrogen-bond acceptors (Lipinski definition) is 4. The maximum absolute atomic E-state index is 14.0. The molecular formula is C19H18FN5O. The Bertz CT molecular complexity index is 974. The van der Waals surface area contributed by atoms with Gasteiger partial charge in [0.2, 0.25) is 5.91 Å². The molecule has 0 saturated heterocycles. The second kappa shape index (κ2) is 6.25. The number of anilines is 1. The van der Waals surface area contributed by atoms with E-state index in [-0.39, 0.29) is 18.1 Å². The van der Waals surface area contributed by atoms with E-state index in [9.17, 15) is 9.18 Å². The molecule has 0 atom stereocenters.